The van der Waals surface area contributed by atoms with Crippen molar-refractivity contribution < 1.29 is 22.3 Å². The molecule has 0 amide bonds. The van der Waals surface area contributed by atoms with Crippen LogP contribution >= 0.6 is 0 Å². The first-order chi connectivity index (χ1) is 11.9. The number of rotatable bonds is 4. The van der Waals surface area contributed by atoms with Gasteiger partial charge in [0.15, 0.2) is 0 Å². The molecule has 1 fully saturated rings. The van der Waals surface area contributed by atoms with Crippen LogP contribution in [0.4, 0.5) is 4.39 Å². The highest BCUT2D eigenvalue weighted by Crippen LogP contribution is 2.28. The van der Waals surface area contributed by atoms with Gasteiger partial charge in [0.2, 0.25) is 10.0 Å². The number of aryl methyl sites for hydroxylation is 1. The van der Waals surface area contributed by atoms with E-state index >= 15 is 0 Å². The highest BCUT2D eigenvalue weighted by atomic mass is 32.2. The second-order valence-electron chi connectivity index (χ2n) is 5.91. The van der Waals surface area contributed by atoms with E-state index in [2.05, 4.69) is 0 Å². The Labute approximate surface area is 147 Å². The smallest absolute Gasteiger partial charge is 0.243 e. The molecule has 2 aromatic rings. The molecule has 0 aromatic heterocycles. The Morgan fingerprint density at radius 2 is 1.92 bits per heavy atom. The summed E-state index contributed by atoms with van der Waals surface area (Å²) >= 11 is 0. The molecule has 0 bridgehead atoms. The van der Waals surface area contributed by atoms with Crippen LogP contribution in [-0.2, 0) is 14.8 Å². The van der Waals surface area contributed by atoms with Gasteiger partial charge in [-0.25, -0.2) is 12.8 Å². The van der Waals surface area contributed by atoms with E-state index < -0.39 is 15.8 Å². The predicted molar refractivity (Wildman–Crippen MR) is 91.6 cm³/mol. The second-order valence-corrected chi connectivity index (χ2v) is 7.81. The van der Waals surface area contributed by atoms with Gasteiger partial charge in [0, 0.05) is 13.1 Å². The second kappa shape index (κ2) is 7.11. The normalized spacial score (nSPS) is 18.9. The zero-order valence-corrected chi connectivity index (χ0v) is 14.9. The van der Waals surface area contributed by atoms with Crippen molar-refractivity contribution in [2.75, 3.05) is 26.8 Å². The summed E-state index contributed by atoms with van der Waals surface area (Å²) in [7, 11) is -2.11. The summed E-state index contributed by atoms with van der Waals surface area (Å²) in [5, 5.41) is 0. The molecule has 1 aliphatic heterocycles. The quantitative estimate of drug-likeness (QED) is 0.836. The van der Waals surface area contributed by atoms with E-state index in [1.54, 1.807) is 14.0 Å². The van der Waals surface area contributed by atoms with Gasteiger partial charge in [-0.15, -0.1) is 0 Å². The van der Waals surface area contributed by atoms with E-state index in [0.29, 0.717) is 12.2 Å². The summed E-state index contributed by atoms with van der Waals surface area (Å²) in [6.07, 6.45) is -0.352. The van der Waals surface area contributed by atoms with Crippen LogP contribution in [0.15, 0.2) is 47.4 Å². The molecule has 3 rings (SSSR count). The van der Waals surface area contributed by atoms with Gasteiger partial charge < -0.3 is 9.47 Å². The summed E-state index contributed by atoms with van der Waals surface area (Å²) < 4.78 is 51.4. The lowest BCUT2D eigenvalue weighted by Gasteiger charge is -2.32. The van der Waals surface area contributed by atoms with Crippen molar-refractivity contribution in [1.29, 1.82) is 0 Å². The molecule has 25 heavy (non-hydrogen) atoms. The Hall–Kier alpha value is -1.96. The molecule has 7 heteroatoms. The minimum atomic E-state index is -3.70. The minimum Gasteiger partial charge on any atom is -0.497 e. The highest BCUT2D eigenvalue weighted by Gasteiger charge is 2.32. The van der Waals surface area contributed by atoms with Crippen molar-refractivity contribution in [2.24, 2.45) is 0 Å². The van der Waals surface area contributed by atoms with Crippen molar-refractivity contribution in [1.82, 2.24) is 4.31 Å². The fourth-order valence-electron chi connectivity index (χ4n) is 2.91. The van der Waals surface area contributed by atoms with Gasteiger partial charge in [-0.05, 0) is 48.4 Å². The van der Waals surface area contributed by atoms with Gasteiger partial charge in [-0.2, -0.15) is 4.31 Å². The summed E-state index contributed by atoms with van der Waals surface area (Å²) in [6, 6.07) is 11.1. The number of sulfonamides is 1. The third kappa shape index (κ3) is 3.68. The molecule has 0 saturated carbocycles. The molecule has 1 heterocycles. The number of hydrogen-bond donors (Lipinski definition) is 0. The van der Waals surface area contributed by atoms with E-state index in [4.69, 9.17) is 9.47 Å². The van der Waals surface area contributed by atoms with E-state index in [1.807, 2.05) is 24.3 Å². The van der Waals surface area contributed by atoms with Crippen molar-refractivity contribution in [3.05, 3.63) is 59.4 Å². The highest BCUT2D eigenvalue weighted by molar-refractivity contribution is 7.89. The van der Waals surface area contributed by atoms with Crippen LogP contribution in [0, 0.1) is 12.7 Å². The average Bonchev–Trinajstić information content (AvgIpc) is 2.61. The SMILES string of the molecule is COc1ccc(C2CN(S(=O)(=O)c3ccc(F)cc3C)CCO2)cc1. The minimum absolute atomic E-state index is 0.129. The first-order valence-electron chi connectivity index (χ1n) is 7.93. The van der Waals surface area contributed by atoms with Crippen LogP contribution in [0.5, 0.6) is 5.75 Å². The van der Waals surface area contributed by atoms with Crippen LogP contribution in [0.1, 0.15) is 17.2 Å². The average molecular weight is 365 g/mol. The number of halogens is 1. The predicted octanol–water partition coefficient (Wildman–Crippen LogP) is 2.90. The molecular weight excluding hydrogens is 345 g/mol. The number of ether oxygens (including phenoxy) is 2. The molecule has 0 spiro atoms. The topological polar surface area (TPSA) is 55.8 Å². The zero-order chi connectivity index (χ0) is 18.0. The summed E-state index contributed by atoms with van der Waals surface area (Å²) in [5.41, 5.74) is 1.28. The van der Waals surface area contributed by atoms with Gasteiger partial charge in [0.25, 0.3) is 0 Å². The van der Waals surface area contributed by atoms with Gasteiger partial charge in [-0.1, -0.05) is 12.1 Å². The number of benzene rings is 2. The molecule has 5 nitrogen and oxygen atoms in total. The Balaban J connectivity index is 1.84. The fraction of sp³-hybridized carbons (Fsp3) is 0.333. The maximum absolute atomic E-state index is 13.3. The van der Waals surface area contributed by atoms with E-state index in [1.165, 1.54) is 22.5 Å². The first kappa shape index (κ1) is 17.8. The monoisotopic (exact) mass is 365 g/mol. The van der Waals surface area contributed by atoms with Crippen LogP contribution in [0.2, 0.25) is 0 Å². The molecule has 1 aliphatic rings. The van der Waals surface area contributed by atoms with Crippen LogP contribution < -0.4 is 4.74 Å². The lowest BCUT2D eigenvalue weighted by atomic mass is 10.1. The van der Waals surface area contributed by atoms with Crippen molar-refractivity contribution >= 4 is 10.0 Å². The molecule has 0 aliphatic carbocycles. The lowest BCUT2D eigenvalue weighted by Crippen LogP contribution is -2.42. The molecule has 1 saturated heterocycles. The molecule has 1 atom stereocenters. The zero-order valence-electron chi connectivity index (χ0n) is 14.1. The van der Waals surface area contributed by atoms with E-state index in [0.717, 1.165) is 11.3 Å². The Morgan fingerprint density at radius 3 is 2.56 bits per heavy atom. The van der Waals surface area contributed by atoms with Gasteiger partial charge in [0.1, 0.15) is 11.6 Å². The third-order valence-corrected chi connectivity index (χ3v) is 6.30. The summed E-state index contributed by atoms with van der Waals surface area (Å²) in [4.78, 5) is 0.129. The van der Waals surface area contributed by atoms with Crippen LogP contribution in [-0.4, -0.2) is 39.5 Å². The summed E-state index contributed by atoms with van der Waals surface area (Å²) in [5.74, 6) is 0.278. The van der Waals surface area contributed by atoms with Gasteiger partial charge >= 0.3 is 0 Å². The van der Waals surface area contributed by atoms with Crippen molar-refractivity contribution in [3.8, 4) is 5.75 Å². The summed E-state index contributed by atoms with van der Waals surface area (Å²) in [6.45, 7) is 2.38. The fourth-order valence-corrected chi connectivity index (χ4v) is 4.54. The Morgan fingerprint density at radius 1 is 1.20 bits per heavy atom. The molecule has 0 radical (unpaired) electrons. The largest absolute Gasteiger partial charge is 0.497 e. The van der Waals surface area contributed by atoms with Crippen molar-refractivity contribution in [2.45, 2.75) is 17.9 Å². The number of morpholine rings is 1. The molecular formula is C18H20FNO4S. The maximum atomic E-state index is 13.3. The number of nitrogens with zero attached hydrogens (tertiary/aromatic N) is 1. The molecule has 2 aromatic carbocycles. The van der Waals surface area contributed by atoms with Crippen molar-refractivity contribution in [3.63, 3.8) is 0 Å². The van der Waals surface area contributed by atoms with E-state index in [9.17, 15) is 12.8 Å². The van der Waals surface area contributed by atoms with Crippen LogP contribution in [0.25, 0.3) is 0 Å². The van der Waals surface area contributed by atoms with Gasteiger partial charge in [0.05, 0.1) is 24.7 Å². The molecule has 1 unspecified atom stereocenters. The third-order valence-electron chi connectivity index (χ3n) is 4.27. The maximum Gasteiger partial charge on any atom is 0.243 e. The lowest BCUT2D eigenvalue weighted by molar-refractivity contribution is -0.00258. The van der Waals surface area contributed by atoms with Gasteiger partial charge in [-0.3, -0.25) is 0 Å². The molecule has 0 N–H and O–H groups in total. The van der Waals surface area contributed by atoms with Crippen LogP contribution in [0.3, 0.4) is 0 Å². The Kier molecular flexibility index (Phi) is 5.08. The first-order valence-corrected chi connectivity index (χ1v) is 9.37. The number of hydrogen-bond acceptors (Lipinski definition) is 4. The standard InChI is InChI=1S/C18H20FNO4S/c1-13-11-15(19)5-8-18(13)25(21,22)20-9-10-24-17(12-20)14-3-6-16(23-2)7-4-14/h3-8,11,17H,9-10,12H2,1-2H3. The van der Waals surface area contributed by atoms with E-state index in [-0.39, 0.29) is 24.1 Å². The molecule has 134 valence electrons. The Bertz CT molecular complexity index is 852. The number of methoxy groups -OCH3 is 1.